The molecule has 2 N–H and O–H groups in total. The van der Waals surface area contributed by atoms with Crippen molar-refractivity contribution >= 4 is 5.91 Å². The van der Waals surface area contributed by atoms with Gasteiger partial charge in [0.05, 0.1) is 0 Å². The lowest BCUT2D eigenvalue weighted by Gasteiger charge is -2.44. The summed E-state index contributed by atoms with van der Waals surface area (Å²) in [6.07, 6.45) is 7.56. The lowest BCUT2D eigenvalue weighted by atomic mass is 9.78. The molecule has 1 saturated carbocycles. The minimum atomic E-state index is 0.205. The molecular formula is C17H24N2O. The average Bonchev–Trinajstić information content (AvgIpc) is 2.53. The van der Waals surface area contributed by atoms with Gasteiger partial charge in [0.25, 0.3) is 5.91 Å². The maximum atomic E-state index is 12.8. The van der Waals surface area contributed by atoms with Crippen molar-refractivity contribution in [2.45, 2.75) is 51.1 Å². The molecule has 1 aromatic rings. The summed E-state index contributed by atoms with van der Waals surface area (Å²) >= 11 is 0. The number of hydrogen-bond acceptors (Lipinski definition) is 2. The van der Waals surface area contributed by atoms with Crippen LogP contribution in [0.25, 0.3) is 0 Å². The largest absolute Gasteiger partial charge is 0.335 e. The lowest BCUT2D eigenvalue weighted by Crippen LogP contribution is -2.49. The van der Waals surface area contributed by atoms with Crippen molar-refractivity contribution in [1.82, 2.24) is 4.90 Å². The van der Waals surface area contributed by atoms with Crippen molar-refractivity contribution < 1.29 is 4.79 Å². The molecule has 2 atom stereocenters. The molecule has 3 rings (SSSR count). The molecule has 0 aromatic heterocycles. The molecule has 1 heterocycles. The van der Waals surface area contributed by atoms with Crippen LogP contribution in [0.4, 0.5) is 0 Å². The number of nitrogens with two attached hydrogens (primary N) is 1. The molecule has 1 aliphatic heterocycles. The van der Waals surface area contributed by atoms with Gasteiger partial charge in [0.1, 0.15) is 0 Å². The van der Waals surface area contributed by atoms with Crippen LogP contribution in [0.2, 0.25) is 0 Å². The molecule has 1 saturated heterocycles. The fourth-order valence-corrected chi connectivity index (χ4v) is 3.87. The molecule has 2 unspecified atom stereocenters. The molecule has 108 valence electrons. The van der Waals surface area contributed by atoms with E-state index >= 15 is 0 Å². The van der Waals surface area contributed by atoms with Crippen molar-refractivity contribution in [3.8, 4) is 0 Å². The Hall–Kier alpha value is -1.35. The van der Waals surface area contributed by atoms with Gasteiger partial charge in [-0.2, -0.15) is 0 Å². The van der Waals surface area contributed by atoms with Gasteiger partial charge in [0.15, 0.2) is 0 Å². The van der Waals surface area contributed by atoms with Crippen LogP contribution in [0.3, 0.4) is 0 Å². The Bertz CT molecular complexity index is 484. The zero-order valence-corrected chi connectivity index (χ0v) is 12.1. The Morgan fingerprint density at radius 3 is 2.85 bits per heavy atom. The first-order valence-corrected chi connectivity index (χ1v) is 7.89. The number of nitrogens with zero attached hydrogens (tertiary/aromatic N) is 1. The molecule has 1 aliphatic carbocycles. The van der Waals surface area contributed by atoms with E-state index in [9.17, 15) is 4.79 Å². The average molecular weight is 272 g/mol. The topological polar surface area (TPSA) is 46.3 Å². The van der Waals surface area contributed by atoms with E-state index in [0.717, 1.165) is 30.0 Å². The fourth-order valence-electron chi connectivity index (χ4n) is 3.87. The quantitative estimate of drug-likeness (QED) is 0.899. The van der Waals surface area contributed by atoms with Gasteiger partial charge < -0.3 is 10.6 Å². The molecule has 20 heavy (non-hydrogen) atoms. The van der Waals surface area contributed by atoms with Crippen molar-refractivity contribution in [2.75, 3.05) is 6.54 Å². The fraction of sp³-hybridized carbons (Fsp3) is 0.588. The second-order valence-corrected chi connectivity index (χ2v) is 6.16. The Kier molecular flexibility index (Phi) is 4.06. The van der Waals surface area contributed by atoms with E-state index in [1.54, 1.807) is 0 Å². The Morgan fingerprint density at radius 2 is 2.00 bits per heavy atom. The summed E-state index contributed by atoms with van der Waals surface area (Å²) in [5.74, 6) is 0.941. The maximum absolute atomic E-state index is 12.8. The van der Waals surface area contributed by atoms with E-state index in [4.69, 9.17) is 5.73 Å². The van der Waals surface area contributed by atoms with E-state index in [2.05, 4.69) is 4.90 Å². The number of benzene rings is 1. The molecule has 3 nitrogen and oxygen atoms in total. The zero-order chi connectivity index (χ0) is 13.9. The van der Waals surface area contributed by atoms with Crippen molar-refractivity contribution in [2.24, 2.45) is 11.7 Å². The summed E-state index contributed by atoms with van der Waals surface area (Å²) in [6, 6.07) is 8.28. The molecule has 0 radical (unpaired) electrons. The van der Waals surface area contributed by atoms with Gasteiger partial charge in [-0.25, -0.2) is 0 Å². The van der Waals surface area contributed by atoms with Gasteiger partial charge in [0, 0.05) is 24.7 Å². The molecule has 0 spiro atoms. The Balaban J connectivity index is 1.81. The highest BCUT2D eigenvalue weighted by molar-refractivity contribution is 5.94. The summed E-state index contributed by atoms with van der Waals surface area (Å²) < 4.78 is 0. The van der Waals surface area contributed by atoms with Gasteiger partial charge >= 0.3 is 0 Å². The third kappa shape index (κ3) is 2.59. The minimum Gasteiger partial charge on any atom is -0.335 e. The summed E-state index contributed by atoms with van der Waals surface area (Å²) in [5, 5.41) is 0. The van der Waals surface area contributed by atoms with Crippen LogP contribution in [-0.4, -0.2) is 23.4 Å². The normalized spacial score (nSPS) is 26.1. The summed E-state index contributed by atoms with van der Waals surface area (Å²) in [4.78, 5) is 14.9. The van der Waals surface area contributed by atoms with Crippen LogP contribution in [0.15, 0.2) is 24.3 Å². The first kappa shape index (κ1) is 13.6. The lowest BCUT2D eigenvalue weighted by molar-refractivity contribution is 0.0390. The first-order valence-electron chi connectivity index (χ1n) is 7.89. The number of amides is 1. The smallest absolute Gasteiger partial charge is 0.254 e. The molecule has 1 amide bonds. The van der Waals surface area contributed by atoms with Gasteiger partial charge in [-0.15, -0.1) is 0 Å². The summed E-state index contributed by atoms with van der Waals surface area (Å²) in [7, 11) is 0. The molecule has 2 fully saturated rings. The predicted molar refractivity (Wildman–Crippen MR) is 80.3 cm³/mol. The van der Waals surface area contributed by atoms with E-state index in [0.29, 0.717) is 12.6 Å². The van der Waals surface area contributed by atoms with E-state index in [1.165, 1.54) is 32.1 Å². The van der Waals surface area contributed by atoms with Crippen molar-refractivity contribution in [3.63, 3.8) is 0 Å². The van der Waals surface area contributed by atoms with Crippen molar-refractivity contribution in [3.05, 3.63) is 35.4 Å². The van der Waals surface area contributed by atoms with E-state index < -0.39 is 0 Å². The minimum absolute atomic E-state index is 0.205. The van der Waals surface area contributed by atoms with Gasteiger partial charge in [-0.1, -0.05) is 25.0 Å². The second-order valence-electron chi connectivity index (χ2n) is 6.16. The molecule has 1 aromatic carbocycles. The number of fused-ring (bicyclic) bond motifs is 1. The Labute approximate surface area is 121 Å². The third-order valence-electron chi connectivity index (χ3n) is 4.91. The SMILES string of the molecule is NCc1cccc(C(=O)N2CCCC3CCCCC32)c1. The third-order valence-corrected chi connectivity index (χ3v) is 4.91. The van der Waals surface area contributed by atoms with E-state index in [1.807, 2.05) is 24.3 Å². The molecule has 0 bridgehead atoms. The maximum Gasteiger partial charge on any atom is 0.254 e. The number of carbonyl (C=O) groups is 1. The second kappa shape index (κ2) is 5.96. The number of carbonyl (C=O) groups excluding carboxylic acids is 1. The monoisotopic (exact) mass is 272 g/mol. The molecule has 3 heteroatoms. The van der Waals surface area contributed by atoms with Gasteiger partial charge in [-0.3, -0.25) is 4.79 Å². The number of hydrogen-bond donors (Lipinski definition) is 1. The number of piperidine rings is 1. The molecule has 2 aliphatic rings. The van der Waals surface area contributed by atoms with E-state index in [-0.39, 0.29) is 5.91 Å². The van der Waals surface area contributed by atoms with Crippen LogP contribution in [-0.2, 0) is 6.54 Å². The highest BCUT2D eigenvalue weighted by Crippen LogP contribution is 2.35. The summed E-state index contributed by atoms with van der Waals surface area (Å²) in [6.45, 7) is 1.42. The standard InChI is InChI=1S/C17H24N2O/c18-12-13-5-3-7-15(11-13)17(20)19-10-4-8-14-6-1-2-9-16(14)19/h3,5,7,11,14,16H,1-2,4,6,8-10,12,18H2. The Morgan fingerprint density at radius 1 is 1.20 bits per heavy atom. The van der Waals surface area contributed by atoms with Crippen LogP contribution in [0.5, 0.6) is 0 Å². The number of rotatable bonds is 2. The highest BCUT2D eigenvalue weighted by atomic mass is 16.2. The molecular weight excluding hydrogens is 248 g/mol. The predicted octanol–water partition coefficient (Wildman–Crippen LogP) is 2.94. The number of likely N-dealkylation sites (tertiary alicyclic amines) is 1. The van der Waals surface area contributed by atoms with Crippen molar-refractivity contribution in [1.29, 1.82) is 0 Å². The zero-order valence-electron chi connectivity index (χ0n) is 12.1. The van der Waals surface area contributed by atoms with Gasteiger partial charge in [0.2, 0.25) is 0 Å². The highest BCUT2D eigenvalue weighted by Gasteiger charge is 2.35. The van der Waals surface area contributed by atoms with Crippen LogP contribution in [0, 0.1) is 5.92 Å². The van der Waals surface area contributed by atoms with Crippen LogP contribution in [0.1, 0.15) is 54.4 Å². The van der Waals surface area contributed by atoms with Crippen LogP contribution < -0.4 is 5.73 Å². The first-order chi connectivity index (χ1) is 9.79. The summed E-state index contributed by atoms with van der Waals surface area (Å²) in [5.41, 5.74) is 7.52. The van der Waals surface area contributed by atoms with Gasteiger partial charge in [-0.05, 0) is 49.3 Å². The van der Waals surface area contributed by atoms with Crippen LogP contribution >= 0.6 is 0 Å².